The standard InChI is InChI=1S/C16H23NO/c1-11-8-13(3)16(18)14(9-11)10-17-15-7-5-4-6-12(15)2/h8-10,12,15,18H,4-7H2,1-3H3. The molecule has 0 amide bonds. The molecule has 2 atom stereocenters. The lowest BCUT2D eigenvalue weighted by Gasteiger charge is -2.25. The van der Waals surface area contributed by atoms with E-state index in [9.17, 15) is 5.11 Å². The van der Waals surface area contributed by atoms with Crippen molar-refractivity contribution in [1.82, 2.24) is 0 Å². The van der Waals surface area contributed by atoms with Crippen LogP contribution < -0.4 is 0 Å². The summed E-state index contributed by atoms with van der Waals surface area (Å²) in [5, 5.41) is 10.0. The van der Waals surface area contributed by atoms with Gasteiger partial charge in [0.2, 0.25) is 0 Å². The average Bonchev–Trinajstić information content (AvgIpc) is 2.33. The fraction of sp³-hybridized carbons (Fsp3) is 0.562. The molecule has 1 aromatic rings. The van der Waals surface area contributed by atoms with Gasteiger partial charge < -0.3 is 5.11 Å². The molecular weight excluding hydrogens is 222 g/mol. The highest BCUT2D eigenvalue weighted by Crippen LogP contribution is 2.27. The summed E-state index contributed by atoms with van der Waals surface area (Å²) in [7, 11) is 0. The third-order valence-corrected chi connectivity index (χ3v) is 3.95. The highest BCUT2D eigenvalue weighted by atomic mass is 16.3. The Morgan fingerprint density at radius 3 is 2.67 bits per heavy atom. The summed E-state index contributed by atoms with van der Waals surface area (Å²) >= 11 is 0. The van der Waals surface area contributed by atoms with Crippen LogP contribution in [0, 0.1) is 19.8 Å². The summed E-state index contributed by atoms with van der Waals surface area (Å²) in [6.07, 6.45) is 6.94. The molecule has 1 aromatic carbocycles. The molecule has 2 heteroatoms. The van der Waals surface area contributed by atoms with E-state index < -0.39 is 0 Å². The SMILES string of the molecule is Cc1cc(C)c(O)c(C=NC2CCCCC2C)c1. The molecule has 0 heterocycles. The highest BCUT2D eigenvalue weighted by Gasteiger charge is 2.19. The first-order valence-electron chi connectivity index (χ1n) is 6.91. The summed E-state index contributed by atoms with van der Waals surface area (Å²) in [4.78, 5) is 4.69. The second kappa shape index (κ2) is 5.55. The van der Waals surface area contributed by atoms with Gasteiger partial charge in [0, 0.05) is 11.8 Å². The Bertz CT molecular complexity index is 451. The average molecular weight is 245 g/mol. The molecule has 0 aliphatic heterocycles. The molecule has 1 fully saturated rings. The van der Waals surface area contributed by atoms with Crippen molar-refractivity contribution >= 4 is 6.21 Å². The zero-order valence-electron chi connectivity index (χ0n) is 11.6. The third-order valence-electron chi connectivity index (χ3n) is 3.95. The largest absolute Gasteiger partial charge is 0.507 e. The minimum Gasteiger partial charge on any atom is -0.507 e. The molecule has 2 rings (SSSR count). The predicted octanol–water partition coefficient (Wildman–Crippen LogP) is 4.01. The Morgan fingerprint density at radius 2 is 1.94 bits per heavy atom. The van der Waals surface area contributed by atoms with Crippen molar-refractivity contribution in [3.63, 3.8) is 0 Å². The van der Waals surface area contributed by atoms with Crippen molar-refractivity contribution in [2.24, 2.45) is 10.9 Å². The van der Waals surface area contributed by atoms with Crippen LogP contribution in [-0.4, -0.2) is 17.4 Å². The van der Waals surface area contributed by atoms with Crippen LogP contribution in [0.4, 0.5) is 0 Å². The quantitative estimate of drug-likeness (QED) is 0.785. The first kappa shape index (κ1) is 13.1. The molecule has 1 saturated carbocycles. The molecule has 2 unspecified atom stereocenters. The predicted molar refractivity (Wildman–Crippen MR) is 76.6 cm³/mol. The minimum atomic E-state index is 0.368. The van der Waals surface area contributed by atoms with Gasteiger partial charge in [-0.3, -0.25) is 4.99 Å². The molecule has 0 spiro atoms. The van der Waals surface area contributed by atoms with Gasteiger partial charge in [0.05, 0.1) is 6.04 Å². The molecule has 98 valence electrons. The zero-order valence-corrected chi connectivity index (χ0v) is 11.6. The molecular formula is C16H23NO. The normalized spacial score (nSPS) is 24.6. The monoisotopic (exact) mass is 245 g/mol. The topological polar surface area (TPSA) is 32.6 Å². The summed E-state index contributed by atoms with van der Waals surface area (Å²) in [5.41, 5.74) is 2.95. The number of aryl methyl sites for hydroxylation is 2. The maximum atomic E-state index is 10.0. The van der Waals surface area contributed by atoms with Gasteiger partial charge in [-0.15, -0.1) is 0 Å². The van der Waals surface area contributed by atoms with Gasteiger partial charge in [0.1, 0.15) is 5.75 Å². The fourth-order valence-corrected chi connectivity index (χ4v) is 2.79. The van der Waals surface area contributed by atoms with Gasteiger partial charge in [-0.05, 0) is 49.8 Å². The Hall–Kier alpha value is -1.31. The van der Waals surface area contributed by atoms with Crippen LogP contribution >= 0.6 is 0 Å². The van der Waals surface area contributed by atoms with E-state index in [1.54, 1.807) is 0 Å². The third kappa shape index (κ3) is 2.92. The Balaban J connectivity index is 2.17. The van der Waals surface area contributed by atoms with Crippen molar-refractivity contribution in [2.75, 3.05) is 0 Å². The smallest absolute Gasteiger partial charge is 0.127 e. The van der Waals surface area contributed by atoms with Crippen LogP contribution in [0.3, 0.4) is 0 Å². The van der Waals surface area contributed by atoms with Crippen LogP contribution in [-0.2, 0) is 0 Å². The van der Waals surface area contributed by atoms with E-state index in [1.807, 2.05) is 32.2 Å². The summed E-state index contributed by atoms with van der Waals surface area (Å²) in [5.74, 6) is 1.04. The lowest BCUT2D eigenvalue weighted by Crippen LogP contribution is -2.20. The fourth-order valence-electron chi connectivity index (χ4n) is 2.79. The van der Waals surface area contributed by atoms with Gasteiger partial charge in [-0.1, -0.05) is 25.8 Å². The van der Waals surface area contributed by atoms with Crippen molar-refractivity contribution in [2.45, 2.75) is 52.5 Å². The second-order valence-electron chi connectivity index (χ2n) is 5.63. The molecule has 1 aliphatic carbocycles. The minimum absolute atomic E-state index is 0.368. The Morgan fingerprint density at radius 1 is 1.22 bits per heavy atom. The lowest BCUT2D eigenvalue weighted by atomic mass is 9.86. The summed E-state index contributed by atoms with van der Waals surface area (Å²) in [6, 6.07) is 4.42. The number of rotatable bonds is 2. The Labute approximate surface area is 110 Å². The van der Waals surface area contributed by atoms with Crippen molar-refractivity contribution < 1.29 is 5.11 Å². The number of benzene rings is 1. The molecule has 0 bridgehead atoms. The lowest BCUT2D eigenvalue weighted by molar-refractivity contribution is 0.333. The van der Waals surface area contributed by atoms with E-state index in [4.69, 9.17) is 4.99 Å². The number of phenols is 1. The summed E-state index contributed by atoms with van der Waals surface area (Å²) < 4.78 is 0. The van der Waals surface area contributed by atoms with Crippen LogP contribution in [0.25, 0.3) is 0 Å². The van der Waals surface area contributed by atoms with E-state index in [-0.39, 0.29) is 0 Å². The maximum absolute atomic E-state index is 10.0. The number of phenolic OH excluding ortho intramolecular Hbond substituents is 1. The van der Waals surface area contributed by atoms with E-state index >= 15 is 0 Å². The van der Waals surface area contributed by atoms with Gasteiger partial charge >= 0.3 is 0 Å². The number of nitrogens with zero attached hydrogens (tertiary/aromatic N) is 1. The van der Waals surface area contributed by atoms with Crippen LogP contribution in [0.5, 0.6) is 5.75 Å². The van der Waals surface area contributed by atoms with E-state index in [0.717, 1.165) is 11.1 Å². The molecule has 1 aliphatic rings. The summed E-state index contributed by atoms with van der Waals surface area (Å²) in [6.45, 7) is 6.26. The van der Waals surface area contributed by atoms with E-state index in [0.29, 0.717) is 17.7 Å². The second-order valence-corrected chi connectivity index (χ2v) is 5.63. The number of hydrogen-bond acceptors (Lipinski definition) is 2. The van der Waals surface area contributed by atoms with Gasteiger partial charge in [0.15, 0.2) is 0 Å². The van der Waals surface area contributed by atoms with Gasteiger partial charge in [-0.25, -0.2) is 0 Å². The zero-order chi connectivity index (χ0) is 13.1. The number of aromatic hydroxyl groups is 1. The van der Waals surface area contributed by atoms with Crippen molar-refractivity contribution in [1.29, 1.82) is 0 Å². The molecule has 0 saturated heterocycles. The van der Waals surface area contributed by atoms with E-state index in [1.165, 1.54) is 31.2 Å². The first-order valence-corrected chi connectivity index (χ1v) is 6.91. The number of hydrogen-bond donors (Lipinski definition) is 1. The molecule has 1 N–H and O–H groups in total. The van der Waals surface area contributed by atoms with Crippen LogP contribution in [0.15, 0.2) is 17.1 Å². The first-order chi connectivity index (χ1) is 8.58. The highest BCUT2D eigenvalue weighted by molar-refractivity contribution is 5.84. The van der Waals surface area contributed by atoms with Gasteiger partial charge in [0.25, 0.3) is 0 Å². The van der Waals surface area contributed by atoms with Crippen LogP contribution in [0.2, 0.25) is 0 Å². The molecule has 0 aromatic heterocycles. The van der Waals surface area contributed by atoms with Crippen molar-refractivity contribution in [3.05, 3.63) is 28.8 Å². The molecule has 0 radical (unpaired) electrons. The van der Waals surface area contributed by atoms with Crippen molar-refractivity contribution in [3.8, 4) is 5.75 Å². The van der Waals surface area contributed by atoms with Gasteiger partial charge in [-0.2, -0.15) is 0 Å². The number of aliphatic imine (C=N–C) groups is 1. The van der Waals surface area contributed by atoms with Crippen LogP contribution in [0.1, 0.15) is 49.3 Å². The molecule has 18 heavy (non-hydrogen) atoms. The maximum Gasteiger partial charge on any atom is 0.127 e. The molecule has 2 nitrogen and oxygen atoms in total. The Kier molecular flexibility index (Phi) is 4.05. The van der Waals surface area contributed by atoms with E-state index in [2.05, 4.69) is 6.92 Å².